The van der Waals surface area contributed by atoms with Gasteiger partial charge in [0.1, 0.15) is 0 Å². The Kier molecular flexibility index (Phi) is 6.20. The number of nitrogens with one attached hydrogen (secondary N) is 2. The maximum atomic E-state index is 13.3. The van der Waals surface area contributed by atoms with Crippen molar-refractivity contribution in [2.24, 2.45) is 0 Å². The van der Waals surface area contributed by atoms with Crippen molar-refractivity contribution in [3.63, 3.8) is 0 Å². The first-order valence-corrected chi connectivity index (χ1v) is 7.27. The highest BCUT2D eigenvalue weighted by atomic mass is 19.2. The molecule has 0 heterocycles. The Morgan fingerprint density at radius 3 is 2.35 bits per heavy atom. The van der Waals surface area contributed by atoms with Crippen molar-refractivity contribution in [3.8, 4) is 0 Å². The first-order chi connectivity index (χ1) is 10.5. The van der Waals surface area contributed by atoms with Crippen LogP contribution in [0.4, 0.5) is 13.6 Å². The average molecular weight is 327 g/mol. The van der Waals surface area contributed by atoms with Gasteiger partial charge in [-0.2, -0.15) is 0 Å². The molecule has 0 aliphatic carbocycles. The summed E-state index contributed by atoms with van der Waals surface area (Å²) >= 11 is 0. The van der Waals surface area contributed by atoms with Crippen LogP contribution in [0.25, 0.3) is 0 Å². The number of nitrogens with zero attached hydrogens (tertiary/aromatic N) is 1. The summed E-state index contributed by atoms with van der Waals surface area (Å²) in [5.41, 5.74) is 0.0909. The Hall–Kier alpha value is -2.02. The first kappa shape index (κ1) is 19.0. The van der Waals surface area contributed by atoms with Crippen LogP contribution in [0.5, 0.6) is 0 Å². The number of imide groups is 1. The van der Waals surface area contributed by atoms with E-state index in [1.165, 1.54) is 6.07 Å². The lowest BCUT2D eigenvalue weighted by Gasteiger charge is -2.25. The van der Waals surface area contributed by atoms with Crippen molar-refractivity contribution in [1.29, 1.82) is 0 Å². The van der Waals surface area contributed by atoms with Crippen molar-refractivity contribution in [3.05, 3.63) is 35.4 Å². The molecule has 1 atom stereocenters. The molecule has 0 saturated carbocycles. The molecule has 7 heteroatoms. The summed E-state index contributed by atoms with van der Waals surface area (Å²) < 4.78 is 26.2. The average Bonchev–Trinajstić information content (AvgIpc) is 2.38. The zero-order chi connectivity index (χ0) is 17.8. The third-order valence-corrected chi connectivity index (χ3v) is 3.22. The number of likely N-dealkylation sites (N-methyl/N-ethyl adjacent to an activating group) is 1. The van der Waals surface area contributed by atoms with E-state index in [-0.39, 0.29) is 12.6 Å². The second-order valence-electron chi connectivity index (χ2n) is 6.52. The lowest BCUT2D eigenvalue weighted by atomic mass is 10.1. The third-order valence-electron chi connectivity index (χ3n) is 3.22. The highest BCUT2D eigenvalue weighted by Gasteiger charge is 2.19. The Morgan fingerprint density at radius 2 is 1.83 bits per heavy atom. The van der Waals surface area contributed by atoms with Crippen LogP contribution in [-0.2, 0) is 4.79 Å². The van der Waals surface area contributed by atoms with Crippen molar-refractivity contribution < 1.29 is 18.4 Å². The standard InChI is InChI=1S/C16H23F2N3O2/c1-10(11-6-7-12(17)13(18)8-11)21(5)9-14(22)19-15(23)20-16(2,3)4/h6-8,10H,9H2,1-5H3,(H2,19,20,22,23). The number of benzene rings is 1. The van der Waals surface area contributed by atoms with Crippen LogP contribution in [0.2, 0.25) is 0 Å². The van der Waals surface area contributed by atoms with E-state index in [1.807, 2.05) is 0 Å². The Bertz CT molecular complexity index is 585. The van der Waals surface area contributed by atoms with Crippen molar-refractivity contribution >= 4 is 11.9 Å². The lowest BCUT2D eigenvalue weighted by molar-refractivity contribution is -0.121. The van der Waals surface area contributed by atoms with Gasteiger partial charge in [0.25, 0.3) is 0 Å². The van der Waals surface area contributed by atoms with E-state index in [4.69, 9.17) is 0 Å². The molecule has 1 aromatic rings. The van der Waals surface area contributed by atoms with Crippen molar-refractivity contribution in [2.75, 3.05) is 13.6 Å². The molecule has 0 fully saturated rings. The van der Waals surface area contributed by atoms with Gasteiger partial charge in [-0.1, -0.05) is 6.07 Å². The smallest absolute Gasteiger partial charge is 0.321 e. The van der Waals surface area contributed by atoms with Crippen LogP contribution in [0, 0.1) is 11.6 Å². The molecular formula is C16H23F2N3O2. The summed E-state index contributed by atoms with van der Waals surface area (Å²) in [5.74, 6) is -2.33. The molecule has 0 saturated heterocycles. The predicted molar refractivity (Wildman–Crippen MR) is 83.8 cm³/mol. The first-order valence-electron chi connectivity index (χ1n) is 7.27. The van der Waals surface area contributed by atoms with E-state index in [2.05, 4.69) is 10.6 Å². The Labute approximate surface area is 135 Å². The number of halogens is 2. The quantitative estimate of drug-likeness (QED) is 0.893. The van der Waals surface area contributed by atoms with Crippen LogP contribution < -0.4 is 10.6 Å². The maximum absolute atomic E-state index is 13.3. The molecule has 0 bridgehead atoms. The minimum absolute atomic E-state index is 0.0578. The highest BCUT2D eigenvalue weighted by molar-refractivity contribution is 5.95. The van der Waals surface area contributed by atoms with Crippen LogP contribution in [0.1, 0.15) is 39.3 Å². The van der Waals surface area contributed by atoms with Gasteiger partial charge >= 0.3 is 6.03 Å². The number of hydrogen-bond acceptors (Lipinski definition) is 3. The fraction of sp³-hybridized carbons (Fsp3) is 0.500. The van der Waals surface area contributed by atoms with Gasteiger partial charge in [0, 0.05) is 11.6 Å². The number of amides is 3. The van der Waals surface area contributed by atoms with E-state index in [9.17, 15) is 18.4 Å². The van der Waals surface area contributed by atoms with E-state index < -0.39 is 29.1 Å². The van der Waals surface area contributed by atoms with Gasteiger partial charge in [0.05, 0.1) is 6.54 Å². The summed E-state index contributed by atoms with van der Waals surface area (Å²) in [6.07, 6.45) is 0. The number of carbonyl (C=O) groups excluding carboxylic acids is 2. The molecule has 3 amide bonds. The number of urea groups is 1. The van der Waals surface area contributed by atoms with Gasteiger partial charge in [0.15, 0.2) is 11.6 Å². The summed E-state index contributed by atoms with van der Waals surface area (Å²) in [6, 6.07) is 2.72. The summed E-state index contributed by atoms with van der Waals surface area (Å²) in [7, 11) is 1.66. The number of rotatable bonds is 4. The van der Waals surface area contributed by atoms with E-state index >= 15 is 0 Å². The molecular weight excluding hydrogens is 304 g/mol. The number of hydrogen-bond donors (Lipinski definition) is 2. The fourth-order valence-electron chi connectivity index (χ4n) is 1.93. The second-order valence-corrected chi connectivity index (χ2v) is 6.52. The van der Waals surface area contributed by atoms with Crippen LogP contribution in [0.3, 0.4) is 0 Å². The van der Waals surface area contributed by atoms with Crippen molar-refractivity contribution in [2.45, 2.75) is 39.3 Å². The van der Waals surface area contributed by atoms with Crippen molar-refractivity contribution in [1.82, 2.24) is 15.5 Å². The van der Waals surface area contributed by atoms with Gasteiger partial charge in [-0.15, -0.1) is 0 Å². The SMILES string of the molecule is CC(c1ccc(F)c(F)c1)N(C)CC(=O)NC(=O)NC(C)(C)C. The molecule has 1 rings (SSSR count). The van der Waals surface area contributed by atoms with Gasteiger partial charge in [-0.05, 0) is 52.4 Å². The predicted octanol–water partition coefficient (Wildman–Crippen LogP) is 2.58. The van der Waals surface area contributed by atoms with E-state index in [1.54, 1.807) is 39.6 Å². The molecule has 128 valence electrons. The minimum atomic E-state index is -0.934. The summed E-state index contributed by atoms with van der Waals surface area (Å²) in [4.78, 5) is 25.1. The highest BCUT2D eigenvalue weighted by Crippen LogP contribution is 2.20. The molecule has 1 unspecified atom stereocenters. The fourth-order valence-corrected chi connectivity index (χ4v) is 1.93. The topological polar surface area (TPSA) is 61.4 Å². The maximum Gasteiger partial charge on any atom is 0.321 e. The monoisotopic (exact) mass is 327 g/mol. The molecule has 0 aromatic heterocycles. The molecule has 1 aromatic carbocycles. The molecule has 0 spiro atoms. The van der Waals surface area contributed by atoms with Gasteiger partial charge in [0.2, 0.25) is 5.91 Å². The molecule has 0 aliphatic heterocycles. The van der Waals surface area contributed by atoms with Gasteiger partial charge < -0.3 is 5.32 Å². The van der Waals surface area contributed by atoms with Crippen LogP contribution >= 0.6 is 0 Å². The molecule has 2 N–H and O–H groups in total. The molecule has 0 aliphatic rings. The van der Waals surface area contributed by atoms with Gasteiger partial charge in [-0.3, -0.25) is 15.0 Å². The number of carbonyl (C=O) groups is 2. The molecule has 5 nitrogen and oxygen atoms in total. The van der Waals surface area contributed by atoms with E-state index in [0.717, 1.165) is 12.1 Å². The largest absolute Gasteiger partial charge is 0.333 e. The summed E-state index contributed by atoms with van der Waals surface area (Å²) in [5, 5.41) is 4.85. The summed E-state index contributed by atoms with van der Waals surface area (Å²) in [6.45, 7) is 7.10. The lowest BCUT2D eigenvalue weighted by Crippen LogP contribution is -2.50. The van der Waals surface area contributed by atoms with Crippen LogP contribution in [0.15, 0.2) is 18.2 Å². The Balaban J connectivity index is 2.60. The molecule has 0 radical (unpaired) electrons. The van der Waals surface area contributed by atoms with E-state index in [0.29, 0.717) is 5.56 Å². The zero-order valence-corrected chi connectivity index (χ0v) is 14.0. The Morgan fingerprint density at radius 1 is 1.22 bits per heavy atom. The molecule has 23 heavy (non-hydrogen) atoms. The second kappa shape index (κ2) is 7.50. The minimum Gasteiger partial charge on any atom is -0.333 e. The van der Waals surface area contributed by atoms with Gasteiger partial charge in [-0.25, -0.2) is 13.6 Å². The third kappa shape index (κ3) is 6.32. The zero-order valence-electron chi connectivity index (χ0n) is 14.0. The van der Waals surface area contributed by atoms with Crippen LogP contribution in [-0.4, -0.2) is 36.0 Å². The normalized spacial score (nSPS) is 12.9.